The Balaban J connectivity index is 0.000000239. The van der Waals surface area contributed by atoms with E-state index in [0.29, 0.717) is 30.0 Å². The number of aldehydes is 1. The quantitative estimate of drug-likeness (QED) is 0.182. The van der Waals surface area contributed by atoms with E-state index in [-0.39, 0.29) is 36.7 Å². The summed E-state index contributed by atoms with van der Waals surface area (Å²) in [5.41, 5.74) is 2.59. The number of nitriles is 1. The Morgan fingerprint density at radius 1 is 1.15 bits per heavy atom. The first-order valence-electron chi connectivity index (χ1n) is 14.4. The molecule has 0 radical (unpaired) electrons. The Morgan fingerprint density at radius 2 is 1.80 bits per heavy atom. The van der Waals surface area contributed by atoms with Crippen molar-refractivity contribution in [3.63, 3.8) is 0 Å². The molecule has 0 spiro atoms. The standard InChI is InChI=1S/C13H11NO3S.C11H18BN3O2.C6H12/c15-5-2-6-17-11-4-1-3-10(7-11)13(16)12-8-18-9-14-12;1-9(12(2)8-13)11(17)14-7-10(16)15-5-3-4-6-15;1-2-4-6-5-3-1/h1,3-5,7-9H,2,6H2;9H,3-7H2,1-2H3,(H,14,17);1-6H2. The molecule has 1 aliphatic carbocycles. The topological polar surface area (TPSA) is 129 Å². The third-order valence-electron chi connectivity index (χ3n) is 7.01. The van der Waals surface area contributed by atoms with Crippen molar-refractivity contribution >= 4 is 41.9 Å². The van der Waals surface area contributed by atoms with Crippen LogP contribution in [-0.2, 0) is 14.4 Å². The lowest BCUT2D eigenvalue weighted by atomic mass is 9.45. The summed E-state index contributed by atoms with van der Waals surface area (Å²) in [4.78, 5) is 51.2. The molecule has 1 aromatic carbocycles. The zero-order chi connectivity index (χ0) is 29.9. The number of aromatic nitrogens is 1. The summed E-state index contributed by atoms with van der Waals surface area (Å²) in [6.07, 6.45) is 12.2. The largest absolute Gasteiger partial charge is 0.493 e. The fourth-order valence-electron chi connectivity index (χ4n) is 4.23. The Kier molecular flexibility index (Phi) is 16.1. The number of rotatable bonds is 10. The van der Waals surface area contributed by atoms with E-state index in [2.05, 4.69) is 10.3 Å². The van der Waals surface area contributed by atoms with E-state index in [1.807, 2.05) is 5.97 Å². The van der Waals surface area contributed by atoms with Gasteiger partial charge < -0.3 is 19.7 Å². The zero-order valence-electron chi connectivity index (χ0n) is 24.2. The van der Waals surface area contributed by atoms with Crippen molar-refractivity contribution in [2.45, 2.75) is 77.4 Å². The molecule has 2 aliphatic rings. The van der Waals surface area contributed by atoms with Crippen LogP contribution in [-0.4, -0.2) is 66.7 Å². The molecule has 4 rings (SSSR count). The van der Waals surface area contributed by atoms with Gasteiger partial charge in [0, 0.05) is 42.2 Å². The van der Waals surface area contributed by atoms with Crippen LogP contribution in [0.25, 0.3) is 0 Å². The van der Waals surface area contributed by atoms with Gasteiger partial charge in [0.2, 0.25) is 17.6 Å². The average Bonchev–Trinajstić information content (AvgIpc) is 3.76. The van der Waals surface area contributed by atoms with Crippen LogP contribution in [0, 0.1) is 11.2 Å². The Hall–Kier alpha value is -3.52. The predicted octanol–water partition coefficient (Wildman–Crippen LogP) is 4.98. The van der Waals surface area contributed by atoms with Gasteiger partial charge in [-0.25, -0.2) is 10.2 Å². The molecule has 1 saturated heterocycles. The van der Waals surface area contributed by atoms with Crippen molar-refractivity contribution in [2.24, 2.45) is 0 Å². The van der Waals surface area contributed by atoms with Crippen molar-refractivity contribution in [3.05, 3.63) is 46.4 Å². The number of thiazole rings is 1. The first kappa shape index (κ1) is 33.7. The van der Waals surface area contributed by atoms with Gasteiger partial charge in [-0.3, -0.25) is 14.4 Å². The first-order chi connectivity index (χ1) is 19.9. The summed E-state index contributed by atoms with van der Waals surface area (Å²) in [7, 11) is 0. The summed E-state index contributed by atoms with van der Waals surface area (Å²) >= 11 is 1.38. The highest BCUT2D eigenvalue weighted by atomic mass is 32.1. The van der Waals surface area contributed by atoms with E-state index >= 15 is 0 Å². The van der Waals surface area contributed by atoms with Crippen LogP contribution in [0.1, 0.15) is 80.8 Å². The maximum Gasteiger partial charge on any atom is 0.276 e. The number of likely N-dealkylation sites (tertiary alicyclic amines) is 1. The van der Waals surface area contributed by atoms with Crippen LogP contribution < -0.4 is 10.1 Å². The lowest BCUT2D eigenvalue weighted by Gasteiger charge is -2.17. The third kappa shape index (κ3) is 12.7. The Morgan fingerprint density at radius 3 is 2.37 bits per heavy atom. The van der Waals surface area contributed by atoms with Gasteiger partial charge in [-0.2, -0.15) is 0 Å². The minimum absolute atomic E-state index is 0.0346. The van der Waals surface area contributed by atoms with Crippen LogP contribution >= 0.6 is 11.3 Å². The molecule has 11 heteroatoms. The highest BCUT2D eigenvalue weighted by Gasteiger charge is 2.25. The number of benzene rings is 1. The maximum atomic E-state index is 12.0. The molecule has 1 atom stereocenters. The Labute approximate surface area is 247 Å². The van der Waals surface area contributed by atoms with E-state index in [0.717, 1.165) is 32.2 Å². The van der Waals surface area contributed by atoms with Crippen LogP contribution in [0.4, 0.5) is 0 Å². The second-order valence-electron chi connectivity index (χ2n) is 10.2. The van der Waals surface area contributed by atoms with Crippen molar-refractivity contribution in [1.82, 2.24) is 15.2 Å². The van der Waals surface area contributed by atoms with Gasteiger partial charge in [0.1, 0.15) is 17.7 Å². The monoisotopic (exact) mass is 580 g/mol. The molecule has 2 fully saturated rings. The van der Waals surface area contributed by atoms with E-state index < -0.39 is 0 Å². The van der Waals surface area contributed by atoms with Crippen LogP contribution in [0.15, 0.2) is 35.2 Å². The molecule has 2 amide bonds. The van der Waals surface area contributed by atoms with Gasteiger partial charge in [0.25, 0.3) is 6.71 Å². The molecule has 9 nitrogen and oxygen atoms in total. The zero-order valence-corrected chi connectivity index (χ0v) is 25.0. The molecule has 2 heterocycles. The summed E-state index contributed by atoms with van der Waals surface area (Å²) in [6.45, 7) is 5.00. The van der Waals surface area contributed by atoms with Crippen molar-refractivity contribution < 1.29 is 23.9 Å². The summed E-state index contributed by atoms with van der Waals surface area (Å²) < 4.78 is 5.35. The molecule has 1 aliphatic heterocycles. The number of carbonyl (C=O) groups excluding carboxylic acids is 4. The summed E-state index contributed by atoms with van der Waals surface area (Å²) in [6, 6.07) is 6.87. The number of amides is 2. The lowest BCUT2D eigenvalue weighted by Crippen LogP contribution is -2.41. The SMILES string of the molecule is C1CCCCC1.CB(C#N)C(C)C(=O)NCC(=O)N1CCCC1.O=CCCOc1cccc(C(=O)c2cscn2)c1. The van der Waals surface area contributed by atoms with Gasteiger partial charge in [-0.05, 0) is 25.0 Å². The summed E-state index contributed by atoms with van der Waals surface area (Å²) in [5.74, 6) is 1.84. The van der Waals surface area contributed by atoms with E-state index in [1.165, 1.54) is 49.9 Å². The Bertz CT molecular complexity index is 1120. The first-order valence-corrected chi connectivity index (χ1v) is 15.4. The van der Waals surface area contributed by atoms with Crippen molar-refractivity contribution in [3.8, 4) is 11.7 Å². The molecular formula is C30H41BN4O5S. The fraction of sp³-hybridized carbons (Fsp3) is 0.533. The number of ether oxygens (including phenoxy) is 1. The third-order valence-corrected chi connectivity index (χ3v) is 7.59. The smallest absolute Gasteiger partial charge is 0.276 e. The lowest BCUT2D eigenvalue weighted by molar-refractivity contribution is -0.131. The van der Waals surface area contributed by atoms with Crippen LogP contribution in [0.3, 0.4) is 0 Å². The second kappa shape index (κ2) is 19.5. The normalized spacial score (nSPS) is 14.6. The number of nitrogens with one attached hydrogen (secondary N) is 1. The molecular weight excluding hydrogens is 539 g/mol. The number of hydrogen-bond acceptors (Lipinski definition) is 8. The van der Waals surface area contributed by atoms with Gasteiger partial charge in [-0.1, -0.05) is 64.4 Å². The average molecular weight is 581 g/mol. The van der Waals surface area contributed by atoms with Crippen LogP contribution in [0.5, 0.6) is 5.75 Å². The van der Waals surface area contributed by atoms with E-state index in [9.17, 15) is 19.2 Å². The number of hydrogen-bond donors (Lipinski definition) is 1. The number of nitrogens with zero attached hydrogens (tertiary/aromatic N) is 3. The molecule has 0 bridgehead atoms. The number of carbonyl (C=O) groups is 4. The molecule has 1 N–H and O–H groups in total. The van der Waals surface area contributed by atoms with Gasteiger partial charge in [0.05, 0.1) is 18.7 Å². The molecule has 1 saturated carbocycles. The second-order valence-corrected chi connectivity index (χ2v) is 10.9. The minimum Gasteiger partial charge on any atom is -0.493 e. The molecule has 1 aromatic heterocycles. The molecule has 1 unspecified atom stereocenters. The predicted molar refractivity (Wildman–Crippen MR) is 161 cm³/mol. The molecule has 2 aromatic rings. The molecule has 220 valence electrons. The highest BCUT2D eigenvalue weighted by molar-refractivity contribution is 7.07. The van der Waals surface area contributed by atoms with Crippen molar-refractivity contribution in [1.29, 1.82) is 5.26 Å². The van der Waals surface area contributed by atoms with Crippen LogP contribution in [0.2, 0.25) is 12.6 Å². The highest BCUT2D eigenvalue weighted by Crippen LogP contribution is 2.17. The summed E-state index contributed by atoms with van der Waals surface area (Å²) in [5, 5.41) is 13.0. The molecule has 41 heavy (non-hydrogen) atoms. The van der Waals surface area contributed by atoms with Gasteiger partial charge in [-0.15, -0.1) is 11.3 Å². The minimum atomic E-state index is -0.383. The van der Waals surface area contributed by atoms with E-state index in [1.54, 1.807) is 53.8 Å². The van der Waals surface area contributed by atoms with Gasteiger partial charge in [0.15, 0.2) is 0 Å². The number of ketones is 1. The fourth-order valence-corrected chi connectivity index (χ4v) is 4.76. The van der Waals surface area contributed by atoms with E-state index in [4.69, 9.17) is 10.00 Å². The maximum absolute atomic E-state index is 12.0. The van der Waals surface area contributed by atoms with Gasteiger partial charge >= 0.3 is 0 Å². The van der Waals surface area contributed by atoms with Crippen molar-refractivity contribution in [2.75, 3.05) is 26.2 Å².